The fraction of sp³-hybridized carbons (Fsp3) is 0.391. The van der Waals surface area contributed by atoms with Crippen LogP contribution in [0.3, 0.4) is 0 Å². The molecular formula is C23H30N2O5. The molecule has 0 heterocycles. The molecule has 0 aromatic heterocycles. The van der Waals surface area contributed by atoms with Gasteiger partial charge in [-0.15, -0.1) is 0 Å². The summed E-state index contributed by atoms with van der Waals surface area (Å²) in [5, 5.41) is 2.75. The van der Waals surface area contributed by atoms with Gasteiger partial charge in [0.15, 0.2) is 0 Å². The van der Waals surface area contributed by atoms with E-state index in [-0.39, 0.29) is 6.54 Å². The number of rotatable bonds is 6. The zero-order chi connectivity index (χ0) is 22.3. The molecule has 0 spiro atoms. The molecular weight excluding hydrogens is 384 g/mol. The summed E-state index contributed by atoms with van der Waals surface area (Å²) in [6.07, 6.45) is -0.226. The number of benzene rings is 2. The largest absolute Gasteiger partial charge is 0.494 e. The first-order valence-electron chi connectivity index (χ1n) is 9.72. The molecule has 162 valence electrons. The molecule has 30 heavy (non-hydrogen) atoms. The molecule has 0 unspecified atom stereocenters. The summed E-state index contributed by atoms with van der Waals surface area (Å²) < 4.78 is 16.2. The number of hydrogen-bond donors (Lipinski definition) is 1. The predicted octanol–water partition coefficient (Wildman–Crippen LogP) is 5.02. The number of aryl methyl sites for hydroxylation is 1. The number of imide groups is 1. The first-order chi connectivity index (χ1) is 14.1. The summed E-state index contributed by atoms with van der Waals surface area (Å²) in [4.78, 5) is 26.9. The Kier molecular flexibility index (Phi) is 7.69. The van der Waals surface area contributed by atoms with Crippen molar-refractivity contribution in [2.45, 2.75) is 39.7 Å². The maximum Gasteiger partial charge on any atom is 0.418 e. The van der Waals surface area contributed by atoms with Crippen molar-refractivity contribution in [3.05, 3.63) is 53.6 Å². The van der Waals surface area contributed by atoms with E-state index in [0.29, 0.717) is 23.6 Å². The Morgan fingerprint density at radius 3 is 2.07 bits per heavy atom. The highest BCUT2D eigenvalue weighted by molar-refractivity contribution is 6.01. The molecule has 2 aromatic rings. The van der Waals surface area contributed by atoms with Crippen LogP contribution in [-0.4, -0.2) is 43.4 Å². The van der Waals surface area contributed by atoms with E-state index in [9.17, 15) is 9.59 Å². The first kappa shape index (κ1) is 23.1. The number of methoxy groups -OCH3 is 2. The molecule has 0 atom stereocenters. The fourth-order valence-corrected chi connectivity index (χ4v) is 2.82. The summed E-state index contributed by atoms with van der Waals surface area (Å²) >= 11 is 0. The van der Waals surface area contributed by atoms with Crippen LogP contribution in [0.5, 0.6) is 11.5 Å². The van der Waals surface area contributed by atoms with E-state index in [2.05, 4.69) is 5.32 Å². The van der Waals surface area contributed by atoms with Gasteiger partial charge in [-0.2, -0.15) is 0 Å². The molecule has 7 nitrogen and oxygen atoms in total. The highest BCUT2D eigenvalue weighted by atomic mass is 16.6. The molecule has 2 aromatic carbocycles. The minimum atomic E-state index is -0.735. The average molecular weight is 415 g/mol. The van der Waals surface area contributed by atoms with Gasteiger partial charge >= 0.3 is 12.1 Å². The lowest BCUT2D eigenvalue weighted by Crippen LogP contribution is -2.44. The SMILES string of the molecule is COc1cc(C)cc(OC)c1NC(=O)N(CCc1ccccc1)C(=O)OC(C)(C)C. The highest BCUT2D eigenvalue weighted by Crippen LogP contribution is 2.36. The van der Waals surface area contributed by atoms with Crippen molar-refractivity contribution in [2.24, 2.45) is 0 Å². The van der Waals surface area contributed by atoms with Crippen LogP contribution in [0.15, 0.2) is 42.5 Å². The number of anilines is 1. The Morgan fingerprint density at radius 2 is 1.57 bits per heavy atom. The lowest BCUT2D eigenvalue weighted by Gasteiger charge is -2.27. The van der Waals surface area contributed by atoms with E-state index in [1.54, 1.807) is 32.9 Å². The van der Waals surface area contributed by atoms with Gasteiger partial charge in [0, 0.05) is 6.54 Å². The van der Waals surface area contributed by atoms with E-state index in [1.807, 2.05) is 37.3 Å². The van der Waals surface area contributed by atoms with Gasteiger partial charge in [-0.1, -0.05) is 30.3 Å². The number of nitrogens with zero attached hydrogens (tertiary/aromatic N) is 1. The Hall–Kier alpha value is -3.22. The van der Waals surface area contributed by atoms with Crippen LogP contribution in [0.25, 0.3) is 0 Å². The van der Waals surface area contributed by atoms with Gasteiger partial charge in [-0.25, -0.2) is 14.5 Å². The number of ether oxygens (including phenoxy) is 3. The molecule has 0 fully saturated rings. The molecule has 1 N–H and O–H groups in total. The second kappa shape index (κ2) is 10.0. The van der Waals surface area contributed by atoms with Crippen LogP contribution in [0, 0.1) is 6.92 Å². The van der Waals surface area contributed by atoms with Crippen molar-refractivity contribution in [3.8, 4) is 11.5 Å². The molecule has 0 bridgehead atoms. The van der Waals surface area contributed by atoms with Crippen LogP contribution in [-0.2, 0) is 11.2 Å². The molecule has 2 rings (SSSR count). The summed E-state index contributed by atoms with van der Waals surface area (Å²) in [5.41, 5.74) is 1.53. The van der Waals surface area contributed by atoms with Gasteiger partial charge in [0.05, 0.1) is 14.2 Å². The summed E-state index contributed by atoms with van der Waals surface area (Å²) in [7, 11) is 3.01. The molecule has 3 amide bonds. The minimum Gasteiger partial charge on any atom is -0.494 e. The van der Waals surface area contributed by atoms with Crippen molar-refractivity contribution in [1.29, 1.82) is 0 Å². The minimum absolute atomic E-state index is 0.154. The van der Waals surface area contributed by atoms with E-state index in [0.717, 1.165) is 16.0 Å². The van der Waals surface area contributed by atoms with E-state index < -0.39 is 17.7 Å². The quantitative estimate of drug-likeness (QED) is 0.718. The van der Waals surface area contributed by atoms with Gasteiger partial charge in [0.2, 0.25) is 0 Å². The number of carbonyl (C=O) groups is 2. The van der Waals surface area contributed by atoms with Gasteiger partial charge in [0.25, 0.3) is 0 Å². The van der Waals surface area contributed by atoms with E-state index in [4.69, 9.17) is 14.2 Å². The fourth-order valence-electron chi connectivity index (χ4n) is 2.82. The first-order valence-corrected chi connectivity index (χ1v) is 9.72. The normalized spacial score (nSPS) is 10.9. The molecule has 0 aliphatic heterocycles. The zero-order valence-corrected chi connectivity index (χ0v) is 18.4. The van der Waals surface area contributed by atoms with E-state index >= 15 is 0 Å². The third kappa shape index (κ3) is 6.40. The number of carbonyl (C=O) groups excluding carboxylic acids is 2. The smallest absolute Gasteiger partial charge is 0.418 e. The third-order valence-corrected chi connectivity index (χ3v) is 4.21. The third-order valence-electron chi connectivity index (χ3n) is 4.21. The van der Waals surface area contributed by atoms with Crippen LogP contribution >= 0.6 is 0 Å². The van der Waals surface area contributed by atoms with Gasteiger partial charge in [-0.3, -0.25) is 0 Å². The Labute approximate surface area is 177 Å². The summed E-state index contributed by atoms with van der Waals surface area (Å²) in [5.74, 6) is 0.875. The Morgan fingerprint density at radius 1 is 1.00 bits per heavy atom. The number of nitrogens with one attached hydrogen (secondary N) is 1. The molecule has 7 heteroatoms. The van der Waals surface area contributed by atoms with Crippen molar-refractivity contribution in [2.75, 3.05) is 26.1 Å². The monoisotopic (exact) mass is 414 g/mol. The van der Waals surface area contributed by atoms with Gasteiger partial charge in [-0.05, 0) is 57.4 Å². The summed E-state index contributed by atoms with van der Waals surface area (Å²) in [6.45, 7) is 7.31. The van der Waals surface area contributed by atoms with Crippen molar-refractivity contribution in [1.82, 2.24) is 4.90 Å². The zero-order valence-electron chi connectivity index (χ0n) is 18.4. The van der Waals surface area contributed by atoms with Crippen LogP contribution < -0.4 is 14.8 Å². The maximum absolute atomic E-state index is 13.1. The lowest BCUT2D eigenvalue weighted by molar-refractivity contribution is 0.0334. The van der Waals surface area contributed by atoms with Gasteiger partial charge in [0.1, 0.15) is 22.8 Å². The number of hydrogen-bond acceptors (Lipinski definition) is 5. The molecule has 0 saturated carbocycles. The van der Waals surface area contributed by atoms with Crippen molar-refractivity contribution < 1.29 is 23.8 Å². The predicted molar refractivity (Wildman–Crippen MR) is 116 cm³/mol. The highest BCUT2D eigenvalue weighted by Gasteiger charge is 2.28. The molecule has 0 aliphatic carbocycles. The molecule has 0 aliphatic rings. The van der Waals surface area contributed by atoms with Gasteiger partial charge < -0.3 is 19.5 Å². The second-order valence-electron chi connectivity index (χ2n) is 7.84. The van der Waals surface area contributed by atoms with Crippen molar-refractivity contribution in [3.63, 3.8) is 0 Å². The average Bonchev–Trinajstić information content (AvgIpc) is 2.68. The van der Waals surface area contributed by atoms with Crippen LogP contribution in [0.4, 0.5) is 15.3 Å². The molecule has 0 saturated heterocycles. The standard InChI is InChI=1S/C23H30N2O5/c1-16-14-18(28-5)20(19(15-16)29-6)24-21(26)25(22(27)30-23(2,3)4)13-12-17-10-8-7-9-11-17/h7-11,14-15H,12-13H2,1-6H3,(H,24,26). The van der Waals surface area contributed by atoms with Crippen LogP contribution in [0.2, 0.25) is 0 Å². The Bertz CT molecular complexity index is 850. The second-order valence-corrected chi connectivity index (χ2v) is 7.84. The van der Waals surface area contributed by atoms with Crippen LogP contribution in [0.1, 0.15) is 31.9 Å². The molecule has 0 radical (unpaired) electrons. The number of amides is 3. The lowest BCUT2D eigenvalue weighted by atomic mass is 10.1. The topological polar surface area (TPSA) is 77.1 Å². The Balaban J connectivity index is 2.29. The summed E-state index contributed by atoms with van der Waals surface area (Å²) in [6, 6.07) is 12.6. The van der Waals surface area contributed by atoms with Crippen molar-refractivity contribution >= 4 is 17.8 Å². The number of urea groups is 1. The van der Waals surface area contributed by atoms with E-state index in [1.165, 1.54) is 14.2 Å². The maximum atomic E-state index is 13.1.